The maximum atomic E-state index is 10.3. The number of nitrogens with zero attached hydrogens (tertiary/aromatic N) is 4. The van der Waals surface area contributed by atoms with E-state index in [4.69, 9.17) is 45.3 Å². The third-order valence-corrected chi connectivity index (χ3v) is 4.93. The van der Waals surface area contributed by atoms with Gasteiger partial charge in [-0.05, 0) is 30.3 Å². The summed E-state index contributed by atoms with van der Waals surface area (Å²) in [6, 6.07) is 0. The van der Waals surface area contributed by atoms with Crippen molar-refractivity contribution in [2.75, 3.05) is 18.0 Å². The fourth-order valence-electron chi connectivity index (χ4n) is 2.38. The summed E-state index contributed by atoms with van der Waals surface area (Å²) in [6.45, 7) is 0.558. The summed E-state index contributed by atoms with van der Waals surface area (Å²) in [5, 5.41) is 20.4. The lowest BCUT2D eigenvalue weighted by Crippen LogP contribution is -2.30. The summed E-state index contributed by atoms with van der Waals surface area (Å²) >= 11 is 7.23. The van der Waals surface area contributed by atoms with Crippen LogP contribution in [0.15, 0.2) is 6.33 Å². The molecule has 4 atom stereocenters. The highest BCUT2D eigenvalue weighted by atomic mass is 35.5. The highest BCUT2D eigenvalue weighted by Gasteiger charge is 2.44. The molecule has 0 radical (unpaired) electrons. The van der Waals surface area contributed by atoms with Gasteiger partial charge in [0.05, 0.1) is 6.33 Å². The number of imidazole rings is 1. The average Bonchev–Trinajstić information content (AvgIpc) is 3.10. The molecule has 0 aromatic carbocycles. The standard InChI is InChI=1S/C12H17ClN6O3S.H2O4S/c13-12-17-8(15)5-9(18-12)19(4-16-5)10-6(20)7(21)11(22-10)23-3-1-2-14;1-5(2,3)4/h4,6-7,10-11,20-21H,1-3,14H2,(H2,15,17,18);(H2,1,2,3,4). The number of aliphatic hydroxyl groups excluding tert-OH is 2. The number of ether oxygens (including phenoxy) is 1. The number of aromatic nitrogens is 4. The van der Waals surface area contributed by atoms with Crippen LogP contribution in [0.25, 0.3) is 11.2 Å². The number of hydrogen-bond donors (Lipinski definition) is 6. The molecule has 4 unspecified atom stereocenters. The predicted octanol–water partition coefficient (Wildman–Crippen LogP) is -0.932. The first-order valence-corrected chi connectivity index (χ1v) is 10.5. The van der Waals surface area contributed by atoms with Crippen molar-refractivity contribution in [2.45, 2.75) is 30.3 Å². The summed E-state index contributed by atoms with van der Waals surface area (Å²) in [5.41, 5.74) is 11.4. The van der Waals surface area contributed by atoms with Gasteiger partial charge in [0, 0.05) is 0 Å². The Kier molecular flexibility index (Phi) is 7.77. The van der Waals surface area contributed by atoms with Crippen LogP contribution in [0.4, 0.5) is 5.82 Å². The Morgan fingerprint density at radius 3 is 2.54 bits per heavy atom. The van der Waals surface area contributed by atoms with Crippen LogP contribution < -0.4 is 11.5 Å². The first-order chi connectivity index (χ1) is 13.0. The van der Waals surface area contributed by atoms with Crippen LogP contribution in [-0.2, 0) is 15.1 Å². The highest BCUT2D eigenvalue weighted by molar-refractivity contribution is 7.99. The molecule has 8 N–H and O–H groups in total. The Morgan fingerprint density at radius 1 is 1.29 bits per heavy atom. The van der Waals surface area contributed by atoms with Crippen LogP contribution in [0, 0.1) is 0 Å². The molecule has 2 aromatic heterocycles. The zero-order valence-corrected chi connectivity index (χ0v) is 16.5. The Hall–Kier alpha value is -1.30. The number of rotatable bonds is 5. The highest BCUT2D eigenvalue weighted by Crippen LogP contribution is 2.36. The maximum Gasteiger partial charge on any atom is 0.394 e. The Morgan fingerprint density at radius 2 is 1.93 bits per heavy atom. The second-order valence-electron chi connectivity index (χ2n) is 5.54. The zero-order chi connectivity index (χ0) is 21.1. The number of hydrogen-bond acceptors (Lipinski definition) is 11. The fraction of sp³-hybridized carbons (Fsp3) is 0.583. The zero-order valence-electron chi connectivity index (χ0n) is 14.2. The van der Waals surface area contributed by atoms with E-state index < -0.39 is 34.3 Å². The van der Waals surface area contributed by atoms with E-state index in [1.165, 1.54) is 22.7 Å². The Bertz CT molecular complexity index is 905. The van der Waals surface area contributed by atoms with Gasteiger partial charge in [0.1, 0.15) is 23.2 Å². The molecule has 0 bridgehead atoms. The van der Waals surface area contributed by atoms with Crippen molar-refractivity contribution in [1.29, 1.82) is 0 Å². The number of fused-ring (bicyclic) bond motifs is 1. The average molecular weight is 459 g/mol. The van der Waals surface area contributed by atoms with Gasteiger partial charge >= 0.3 is 10.4 Å². The van der Waals surface area contributed by atoms with Gasteiger partial charge in [-0.15, -0.1) is 11.8 Å². The van der Waals surface area contributed by atoms with Gasteiger partial charge in [-0.25, -0.2) is 4.98 Å². The quantitative estimate of drug-likeness (QED) is 0.181. The van der Waals surface area contributed by atoms with E-state index in [2.05, 4.69) is 15.0 Å². The molecule has 2 aromatic rings. The SMILES string of the molecule is NCCCSC1OC(n2cnc3c(N)nc(Cl)nc32)C(O)C1O.O=S(=O)(O)O. The molecule has 3 rings (SSSR count). The van der Waals surface area contributed by atoms with E-state index in [0.717, 1.165) is 12.2 Å². The van der Waals surface area contributed by atoms with E-state index in [1.807, 2.05) is 0 Å². The van der Waals surface area contributed by atoms with Crippen molar-refractivity contribution in [1.82, 2.24) is 19.5 Å². The van der Waals surface area contributed by atoms with Crippen molar-refractivity contribution in [3.63, 3.8) is 0 Å². The number of anilines is 1. The van der Waals surface area contributed by atoms with E-state index in [-0.39, 0.29) is 11.1 Å². The maximum absolute atomic E-state index is 10.3. The molecule has 158 valence electrons. The molecule has 1 aliphatic rings. The minimum atomic E-state index is -4.67. The van der Waals surface area contributed by atoms with Crippen LogP contribution in [0.5, 0.6) is 0 Å². The molecule has 0 amide bonds. The van der Waals surface area contributed by atoms with Crippen molar-refractivity contribution < 1.29 is 32.5 Å². The van der Waals surface area contributed by atoms with Gasteiger partial charge < -0.3 is 26.4 Å². The second-order valence-corrected chi connectivity index (χ2v) is 7.98. The molecule has 0 aliphatic carbocycles. The number of nitrogens with two attached hydrogens (primary N) is 2. The first kappa shape index (κ1) is 23.0. The lowest BCUT2D eigenvalue weighted by atomic mass is 10.2. The number of nitrogen functional groups attached to an aromatic ring is 1. The molecule has 1 fully saturated rings. The van der Waals surface area contributed by atoms with Crippen LogP contribution in [0.2, 0.25) is 5.28 Å². The van der Waals surface area contributed by atoms with Gasteiger partial charge in [-0.3, -0.25) is 13.7 Å². The van der Waals surface area contributed by atoms with E-state index in [9.17, 15) is 10.2 Å². The second kappa shape index (κ2) is 9.47. The lowest BCUT2D eigenvalue weighted by molar-refractivity contribution is -0.0192. The van der Waals surface area contributed by atoms with Gasteiger partial charge in [0.25, 0.3) is 0 Å². The minimum Gasteiger partial charge on any atom is -0.387 e. The van der Waals surface area contributed by atoms with Crippen LogP contribution >= 0.6 is 23.4 Å². The van der Waals surface area contributed by atoms with Crippen molar-refractivity contribution in [2.24, 2.45) is 5.73 Å². The Labute approximate surface area is 168 Å². The third-order valence-electron chi connectivity index (χ3n) is 3.52. The van der Waals surface area contributed by atoms with Crippen LogP contribution in [0.3, 0.4) is 0 Å². The van der Waals surface area contributed by atoms with Crippen molar-refractivity contribution >= 4 is 50.7 Å². The fourth-order valence-corrected chi connectivity index (χ4v) is 3.66. The summed E-state index contributed by atoms with van der Waals surface area (Å²) in [7, 11) is -4.67. The minimum absolute atomic E-state index is 0.0290. The monoisotopic (exact) mass is 458 g/mol. The van der Waals surface area contributed by atoms with E-state index in [0.29, 0.717) is 17.7 Å². The van der Waals surface area contributed by atoms with Gasteiger partial charge in [-0.1, -0.05) is 0 Å². The molecule has 28 heavy (non-hydrogen) atoms. The van der Waals surface area contributed by atoms with E-state index in [1.54, 1.807) is 0 Å². The molecule has 1 aliphatic heterocycles. The van der Waals surface area contributed by atoms with E-state index >= 15 is 0 Å². The molecular formula is C12H19ClN6O7S2. The summed E-state index contributed by atoms with van der Waals surface area (Å²) in [6.07, 6.45) is -0.770. The molecule has 16 heteroatoms. The first-order valence-electron chi connectivity index (χ1n) is 7.71. The summed E-state index contributed by atoms with van der Waals surface area (Å²) in [4.78, 5) is 12.0. The van der Waals surface area contributed by atoms with Gasteiger partial charge in [-0.2, -0.15) is 18.4 Å². The summed E-state index contributed by atoms with van der Waals surface area (Å²) < 4.78 is 38.8. The number of thioether (sulfide) groups is 1. The number of aliphatic hydroxyl groups is 2. The molecule has 0 spiro atoms. The third kappa shape index (κ3) is 5.85. The van der Waals surface area contributed by atoms with Gasteiger partial charge in [0.15, 0.2) is 17.7 Å². The molecule has 1 saturated heterocycles. The molecule has 13 nitrogen and oxygen atoms in total. The molecule has 0 saturated carbocycles. The summed E-state index contributed by atoms with van der Waals surface area (Å²) in [5.74, 6) is 0.865. The Balaban J connectivity index is 0.000000500. The molecule has 3 heterocycles. The van der Waals surface area contributed by atoms with Crippen molar-refractivity contribution in [3.8, 4) is 0 Å². The largest absolute Gasteiger partial charge is 0.394 e. The predicted molar refractivity (Wildman–Crippen MR) is 101 cm³/mol. The smallest absolute Gasteiger partial charge is 0.387 e. The van der Waals surface area contributed by atoms with Crippen molar-refractivity contribution in [3.05, 3.63) is 11.6 Å². The number of halogens is 1. The van der Waals surface area contributed by atoms with Crippen LogP contribution in [0.1, 0.15) is 12.6 Å². The molecular weight excluding hydrogens is 440 g/mol. The lowest BCUT2D eigenvalue weighted by Gasteiger charge is -2.16. The normalized spacial score (nSPS) is 24.9. The van der Waals surface area contributed by atoms with Gasteiger partial charge in [0.2, 0.25) is 5.28 Å². The van der Waals surface area contributed by atoms with Crippen LogP contribution in [-0.4, -0.2) is 77.2 Å². The topological polar surface area (TPSA) is 220 Å².